The number of aromatic nitrogens is 3. The molecule has 1 aliphatic heterocycles. The van der Waals surface area contributed by atoms with E-state index in [0.29, 0.717) is 22.9 Å². The number of amides is 1. The van der Waals surface area contributed by atoms with E-state index in [9.17, 15) is 4.79 Å². The number of nitrogens with one attached hydrogen (secondary N) is 1. The largest absolute Gasteiger partial charge is 0.361 e. The minimum Gasteiger partial charge on any atom is -0.361 e. The zero-order chi connectivity index (χ0) is 14.1. The Morgan fingerprint density at radius 3 is 2.70 bits per heavy atom. The highest BCUT2D eigenvalue weighted by atomic mass is 16.5. The lowest BCUT2D eigenvalue weighted by Crippen LogP contribution is -2.38. The second-order valence-electron chi connectivity index (χ2n) is 5.24. The maximum Gasteiger partial charge on any atom is 0.259 e. The number of hydrogen-bond acceptors (Lipinski definition) is 4. The van der Waals surface area contributed by atoms with Crippen LogP contribution in [-0.2, 0) is 0 Å². The van der Waals surface area contributed by atoms with E-state index in [4.69, 9.17) is 4.52 Å². The van der Waals surface area contributed by atoms with E-state index in [1.807, 2.05) is 11.1 Å². The molecule has 1 fully saturated rings. The van der Waals surface area contributed by atoms with Gasteiger partial charge in [-0.1, -0.05) is 5.16 Å². The average Bonchev–Trinajstić information content (AvgIpc) is 3.09. The van der Waals surface area contributed by atoms with E-state index in [1.54, 1.807) is 20.0 Å². The highest BCUT2D eigenvalue weighted by Gasteiger charge is 2.28. The van der Waals surface area contributed by atoms with Gasteiger partial charge in [0, 0.05) is 31.4 Å². The molecule has 3 heterocycles. The van der Waals surface area contributed by atoms with Crippen molar-refractivity contribution >= 4 is 5.91 Å². The normalized spacial score (nSPS) is 16.6. The molecular weight excluding hydrogens is 256 g/mol. The molecule has 1 saturated heterocycles. The predicted octanol–water partition coefficient (Wildman–Crippen LogP) is 2.03. The van der Waals surface area contributed by atoms with Gasteiger partial charge in [0.25, 0.3) is 5.91 Å². The first kappa shape index (κ1) is 12.9. The van der Waals surface area contributed by atoms with Crippen LogP contribution in [0.4, 0.5) is 0 Å². The van der Waals surface area contributed by atoms with E-state index in [2.05, 4.69) is 15.1 Å². The van der Waals surface area contributed by atoms with Crippen molar-refractivity contribution < 1.29 is 9.32 Å². The highest BCUT2D eigenvalue weighted by molar-refractivity contribution is 5.96. The molecule has 2 aromatic rings. The molecule has 0 unspecified atom stereocenters. The van der Waals surface area contributed by atoms with E-state index >= 15 is 0 Å². The number of nitrogens with zero attached hydrogens (tertiary/aromatic N) is 3. The van der Waals surface area contributed by atoms with E-state index < -0.39 is 0 Å². The first-order valence-corrected chi connectivity index (χ1v) is 6.88. The van der Waals surface area contributed by atoms with Crippen LogP contribution in [0.25, 0.3) is 0 Å². The summed E-state index contributed by atoms with van der Waals surface area (Å²) in [7, 11) is 0. The fraction of sp³-hybridized carbons (Fsp3) is 0.500. The molecule has 20 heavy (non-hydrogen) atoms. The van der Waals surface area contributed by atoms with E-state index in [-0.39, 0.29) is 5.91 Å². The van der Waals surface area contributed by atoms with Gasteiger partial charge in [0.05, 0.1) is 5.69 Å². The molecule has 6 nitrogen and oxygen atoms in total. The first-order valence-electron chi connectivity index (χ1n) is 6.88. The number of carbonyl (C=O) groups excluding carboxylic acids is 1. The van der Waals surface area contributed by atoms with Gasteiger partial charge in [0.1, 0.15) is 17.1 Å². The summed E-state index contributed by atoms with van der Waals surface area (Å²) in [5.74, 6) is 2.06. The minimum atomic E-state index is 0.0270. The second kappa shape index (κ2) is 5.11. The molecule has 2 aromatic heterocycles. The van der Waals surface area contributed by atoms with Gasteiger partial charge in [-0.05, 0) is 26.7 Å². The lowest BCUT2D eigenvalue weighted by atomic mass is 9.95. The summed E-state index contributed by atoms with van der Waals surface area (Å²) in [6.45, 7) is 5.07. The SMILES string of the molecule is Cc1noc(C)c1C(=O)N1CCC(c2ncc[nH]2)CC1. The third-order valence-electron chi connectivity index (χ3n) is 3.94. The van der Waals surface area contributed by atoms with Gasteiger partial charge in [-0.2, -0.15) is 0 Å². The van der Waals surface area contributed by atoms with Crippen molar-refractivity contribution in [1.29, 1.82) is 0 Å². The highest BCUT2D eigenvalue weighted by Crippen LogP contribution is 2.27. The molecule has 6 heteroatoms. The lowest BCUT2D eigenvalue weighted by Gasteiger charge is -2.31. The topological polar surface area (TPSA) is 75.0 Å². The van der Waals surface area contributed by atoms with Crippen molar-refractivity contribution in [2.45, 2.75) is 32.6 Å². The molecular formula is C14H18N4O2. The fourth-order valence-electron chi connectivity index (χ4n) is 2.80. The Bertz CT molecular complexity index is 575. The van der Waals surface area contributed by atoms with Crippen molar-refractivity contribution in [2.75, 3.05) is 13.1 Å². The van der Waals surface area contributed by atoms with Gasteiger partial charge >= 0.3 is 0 Å². The van der Waals surface area contributed by atoms with Crippen LogP contribution in [-0.4, -0.2) is 39.0 Å². The Hall–Kier alpha value is -2.11. The van der Waals surface area contributed by atoms with Crippen LogP contribution in [0.5, 0.6) is 0 Å². The Balaban J connectivity index is 1.68. The number of aromatic amines is 1. The third-order valence-corrected chi connectivity index (χ3v) is 3.94. The van der Waals surface area contributed by atoms with E-state index in [1.165, 1.54) is 0 Å². The number of hydrogen-bond donors (Lipinski definition) is 1. The van der Waals surface area contributed by atoms with Crippen molar-refractivity contribution in [2.24, 2.45) is 0 Å². The van der Waals surface area contributed by atoms with Gasteiger partial charge in [-0.15, -0.1) is 0 Å². The summed E-state index contributed by atoms with van der Waals surface area (Å²) in [6.07, 6.45) is 5.48. The van der Waals surface area contributed by atoms with Crippen LogP contribution in [0.15, 0.2) is 16.9 Å². The molecule has 0 aromatic carbocycles. The van der Waals surface area contributed by atoms with Crippen LogP contribution in [0, 0.1) is 13.8 Å². The van der Waals surface area contributed by atoms with Crippen LogP contribution >= 0.6 is 0 Å². The molecule has 1 N–H and O–H groups in total. The van der Waals surface area contributed by atoms with Gasteiger partial charge in [0.2, 0.25) is 0 Å². The van der Waals surface area contributed by atoms with Gasteiger partial charge in [0.15, 0.2) is 0 Å². The quantitative estimate of drug-likeness (QED) is 0.909. The average molecular weight is 274 g/mol. The summed E-state index contributed by atoms with van der Waals surface area (Å²) in [6, 6.07) is 0. The molecule has 3 rings (SSSR count). The van der Waals surface area contributed by atoms with Gasteiger partial charge in [-0.3, -0.25) is 4.79 Å². The number of rotatable bonds is 2. The molecule has 1 aliphatic rings. The number of imidazole rings is 1. The van der Waals surface area contributed by atoms with Crippen molar-refractivity contribution in [1.82, 2.24) is 20.0 Å². The third kappa shape index (κ3) is 2.21. The molecule has 0 saturated carbocycles. The van der Waals surface area contributed by atoms with Crippen molar-refractivity contribution in [3.05, 3.63) is 35.2 Å². The number of H-pyrrole nitrogens is 1. The van der Waals surface area contributed by atoms with Gasteiger partial charge in [-0.25, -0.2) is 4.98 Å². The smallest absolute Gasteiger partial charge is 0.259 e. The number of piperidine rings is 1. The molecule has 106 valence electrons. The number of aryl methyl sites for hydroxylation is 2. The zero-order valence-electron chi connectivity index (χ0n) is 11.7. The number of likely N-dealkylation sites (tertiary alicyclic amines) is 1. The zero-order valence-corrected chi connectivity index (χ0v) is 11.7. The molecule has 0 spiro atoms. The summed E-state index contributed by atoms with van der Waals surface area (Å²) < 4.78 is 5.07. The maximum absolute atomic E-state index is 12.5. The summed E-state index contributed by atoms with van der Waals surface area (Å²) in [5.41, 5.74) is 1.28. The Labute approximate surface area is 117 Å². The molecule has 0 atom stereocenters. The Kier molecular flexibility index (Phi) is 3.30. The van der Waals surface area contributed by atoms with Crippen molar-refractivity contribution in [3.63, 3.8) is 0 Å². The van der Waals surface area contributed by atoms with Crippen LogP contribution in [0.3, 0.4) is 0 Å². The van der Waals surface area contributed by atoms with Gasteiger partial charge < -0.3 is 14.4 Å². The Morgan fingerprint density at radius 1 is 1.40 bits per heavy atom. The standard InChI is InChI=1S/C14H18N4O2/c1-9-12(10(2)20-17-9)14(19)18-7-3-11(4-8-18)13-15-5-6-16-13/h5-6,11H,3-4,7-8H2,1-2H3,(H,15,16). The maximum atomic E-state index is 12.5. The first-order chi connectivity index (χ1) is 9.66. The molecule has 1 amide bonds. The van der Waals surface area contributed by atoms with Crippen molar-refractivity contribution in [3.8, 4) is 0 Å². The summed E-state index contributed by atoms with van der Waals surface area (Å²) in [4.78, 5) is 21.8. The lowest BCUT2D eigenvalue weighted by molar-refractivity contribution is 0.0709. The molecule has 0 aliphatic carbocycles. The Morgan fingerprint density at radius 2 is 2.15 bits per heavy atom. The van der Waals surface area contributed by atoms with Crippen LogP contribution in [0.1, 0.15) is 46.4 Å². The summed E-state index contributed by atoms with van der Waals surface area (Å²) >= 11 is 0. The fourth-order valence-corrected chi connectivity index (χ4v) is 2.80. The minimum absolute atomic E-state index is 0.0270. The molecule has 0 radical (unpaired) electrons. The molecule has 0 bridgehead atoms. The van der Waals surface area contributed by atoms with Crippen LogP contribution < -0.4 is 0 Å². The van der Waals surface area contributed by atoms with Crippen LogP contribution in [0.2, 0.25) is 0 Å². The number of carbonyl (C=O) groups is 1. The predicted molar refractivity (Wildman–Crippen MR) is 72.4 cm³/mol. The summed E-state index contributed by atoms with van der Waals surface area (Å²) in [5, 5.41) is 3.85. The second-order valence-corrected chi connectivity index (χ2v) is 5.24. The van der Waals surface area contributed by atoms with E-state index in [0.717, 1.165) is 31.8 Å². The monoisotopic (exact) mass is 274 g/mol.